The lowest BCUT2D eigenvalue weighted by molar-refractivity contribution is 0.376. The van der Waals surface area contributed by atoms with Gasteiger partial charge in [0, 0.05) is 0 Å². The molecule has 22 heavy (non-hydrogen) atoms. The van der Waals surface area contributed by atoms with E-state index in [1.807, 2.05) is 20.8 Å². The first kappa shape index (κ1) is 14.7. The van der Waals surface area contributed by atoms with Crippen LogP contribution in [0.15, 0.2) is 27.9 Å². The number of nitrogens with zero attached hydrogens (tertiary/aromatic N) is 6. The quantitative estimate of drug-likeness (QED) is 0.684. The molecule has 2 heterocycles. The smallest absolute Gasteiger partial charge is 0.239 e. The molecule has 1 aromatic carbocycles. The first-order valence-electron chi connectivity index (χ1n) is 6.87. The standard InChI is InChI=1S/C14H16N6OS/c1-8-5-6-9(2)12(7-8)20-14(16-18-19-20)22-10(3)13-15-11(4)17-21-13/h5-7,10H,1-4H3. The van der Waals surface area contributed by atoms with Crippen LogP contribution in [0.2, 0.25) is 0 Å². The van der Waals surface area contributed by atoms with Crippen LogP contribution < -0.4 is 0 Å². The van der Waals surface area contributed by atoms with E-state index in [0.29, 0.717) is 16.9 Å². The Hall–Kier alpha value is -2.22. The van der Waals surface area contributed by atoms with Crippen molar-refractivity contribution in [2.45, 2.75) is 38.1 Å². The third kappa shape index (κ3) is 2.87. The zero-order chi connectivity index (χ0) is 15.7. The lowest BCUT2D eigenvalue weighted by Crippen LogP contribution is -2.03. The molecule has 0 saturated heterocycles. The van der Waals surface area contributed by atoms with Gasteiger partial charge in [-0.2, -0.15) is 9.67 Å². The van der Waals surface area contributed by atoms with E-state index in [9.17, 15) is 0 Å². The van der Waals surface area contributed by atoms with Crippen molar-refractivity contribution in [1.82, 2.24) is 30.3 Å². The predicted molar refractivity (Wildman–Crippen MR) is 81.9 cm³/mol. The summed E-state index contributed by atoms with van der Waals surface area (Å²) in [6, 6.07) is 6.20. The number of aromatic nitrogens is 6. The average molecular weight is 316 g/mol. The summed E-state index contributed by atoms with van der Waals surface area (Å²) in [7, 11) is 0. The second kappa shape index (κ2) is 5.88. The summed E-state index contributed by atoms with van der Waals surface area (Å²) in [5, 5.41) is 16.5. The molecule has 0 fully saturated rings. The van der Waals surface area contributed by atoms with Gasteiger partial charge in [-0.25, -0.2) is 0 Å². The van der Waals surface area contributed by atoms with Crippen LogP contribution in [-0.4, -0.2) is 30.3 Å². The van der Waals surface area contributed by atoms with Gasteiger partial charge in [0.2, 0.25) is 11.0 Å². The molecule has 7 nitrogen and oxygen atoms in total. The molecule has 0 aliphatic carbocycles. The Balaban J connectivity index is 1.90. The largest absolute Gasteiger partial charge is 0.338 e. The van der Waals surface area contributed by atoms with Crippen LogP contribution in [0.4, 0.5) is 0 Å². The van der Waals surface area contributed by atoms with Crippen molar-refractivity contribution in [3.63, 3.8) is 0 Å². The Kier molecular flexibility index (Phi) is 3.93. The summed E-state index contributed by atoms with van der Waals surface area (Å²) < 4.78 is 6.95. The van der Waals surface area contributed by atoms with Crippen molar-refractivity contribution in [3.05, 3.63) is 41.0 Å². The number of tetrazole rings is 1. The molecule has 2 aromatic heterocycles. The summed E-state index contributed by atoms with van der Waals surface area (Å²) in [6.45, 7) is 7.87. The molecule has 0 saturated carbocycles. The van der Waals surface area contributed by atoms with Crippen molar-refractivity contribution in [3.8, 4) is 5.69 Å². The highest BCUT2D eigenvalue weighted by Crippen LogP contribution is 2.33. The molecule has 8 heteroatoms. The number of hydrogen-bond donors (Lipinski definition) is 0. The summed E-state index contributed by atoms with van der Waals surface area (Å²) >= 11 is 1.48. The van der Waals surface area contributed by atoms with Crippen molar-refractivity contribution >= 4 is 11.8 Å². The number of aryl methyl sites for hydroxylation is 3. The fourth-order valence-corrected chi connectivity index (χ4v) is 2.87. The summed E-state index contributed by atoms with van der Waals surface area (Å²) in [4.78, 5) is 4.25. The minimum absolute atomic E-state index is 0.0314. The van der Waals surface area contributed by atoms with Gasteiger partial charge in [-0.1, -0.05) is 29.1 Å². The molecule has 1 atom stereocenters. The molecule has 0 bridgehead atoms. The predicted octanol–water partition coefficient (Wildman–Crippen LogP) is 2.82. The molecule has 0 spiro atoms. The van der Waals surface area contributed by atoms with Crippen LogP contribution in [0.3, 0.4) is 0 Å². The highest BCUT2D eigenvalue weighted by Gasteiger charge is 2.19. The molecule has 0 amide bonds. The van der Waals surface area contributed by atoms with Gasteiger partial charge in [-0.3, -0.25) is 0 Å². The molecule has 0 N–H and O–H groups in total. The van der Waals surface area contributed by atoms with Gasteiger partial charge in [-0.15, -0.1) is 5.10 Å². The molecule has 3 rings (SSSR count). The van der Waals surface area contributed by atoms with Crippen molar-refractivity contribution in [1.29, 1.82) is 0 Å². The van der Waals surface area contributed by atoms with Gasteiger partial charge < -0.3 is 4.52 Å². The summed E-state index contributed by atoms with van der Waals surface area (Å²) in [5.74, 6) is 1.19. The first-order chi connectivity index (χ1) is 10.5. The second-order valence-corrected chi connectivity index (χ2v) is 6.41. The fourth-order valence-electron chi connectivity index (χ4n) is 2.04. The van der Waals surface area contributed by atoms with Gasteiger partial charge in [0.05, 0.1) is 10.9 Å². The SMILES string of the molecule is Cc1ccc(C)c(-n2nnnc2SC(C)c2nc(C)no2)c1. The zero-order valence-electron chi connectivity index (χ0n) is 12.8. The third-order valence-corrected chi connectivity index (χ3v) is 4.23. The van der Waals surface area contributed by atoms with Crippen molar-refractivity contribution in [2.75, 3.05) is 0 Å². The fraction of sp³-hybridized carbons (Fsp3) is 0.357. The highest BCUT2D eigenvalue weighted by molar-refractivity contribution is 7.99. The van der Waals surface area contributed by atoms with Gasteiger partial charge in [0.25, 0.3) is 0 Å². The van der Waals surface area contributed by atoms with Gasteiger partial charge >= 0.3 is 0 Å². The van der Waals surface area contributed by atoms with Gasteiger partial charge in [0.1, 0.15) is 0 Å². The minimum atomic E-state index is -0.0314. The van der Waals surface area contributed by atoms with Gasteiger partial charge in [-0.05, 0) is 55.3 Å². The number of hydrogen-bond acceptors (Lipinski definition) is 7. The van der Waals surface area contributed by atoms with Crippen LogP contribution in [-0.2, 0) is 0 Å². The molecular formula is C14H16N6OS. The van der Waals surface area contributed by atoms with Gasteiger partial charge in [0.15, 0.2) is 5.82 Å². The van der Waals surface area contributed by atoms with E-state index in [-0.39, 0.29) is 5.25 Å². The molecule has 3 aromatic rings. The molecular weight excluding hydrogens is 300 g/mol. The minimum Gasteiger partial charge on any atom is -0.338 e. The van der Waals surface area contributed by atoms with Crippen LogP contribution in [0.25, 0.3) is 5.69 Å². The maximum atomic E-state index is 5.20. The zero-order valence-corrected chi connectivity index (χ0v) is 13.6. The van der Waals surface area contributed by atoms with Crippen LogP contribution in [0.5, 0.6) is 0 Å². The third-order valence-electron chi connectivity index (χ3n) is 3.21. The average Bonchev–Trinajstić information content (AvgIpc) is 3.10. The Morgan fingerprint density at radius 3 is 2.77 bits per heavy atom. The van der Waals surface area contributed by atoms with E-state index >= 15 is 0 Å². The van der Waals surface area contributed by atoms with Crippen LogP contribution in [0, 0.1) is 20.8 Å². The molecule has 0 aliphatic rings. The monoisotopic (exact) mass is 316 g/mol. The number of thioether (sulfide) groups is 1. The summed E-state index contributed by atoms with van der Waals surface area (Å²) in [5.41, 5.74) is 3.25. The molecule has 114 valence electrons. The topological polar surface area (TPSA) is 82.5 Å². The van der Waals surface area contributed by atoms with E-state index in [4.69, 9.17) is 4.52 Å². The molecule has 0 radical (unpaired) electrons. The molecule has 1 unspecified atom stereocenters. The van der Waals surface area contributed by atoms with Crippen molar-refractivity contribution < 1.29 is 4.52 Å². The highest BCUT2D eigenvalue weighted by atomic mass is 32.2. The Labute approximate surface area is 132 Å². The van der Waals surface area contributed by atoms with Crippen LogP contribution >= 0.6 is 11.8 Å². The van der Waals surface area contributed by atoms with E-state index in [1.165, 1.54) is 11.8 Å². The first-order valence-corrected chi connectivity index (χ1v) is 7.75. The van der Waals surface area contributed by atoms with E-state index < -0.39 is 0 Å². The normalized spacial score (nSPS) is 12.5. The Morgan fingerprint density at radius 1 is 1.23 bits per heavy atom. The number of rotatable bonds is 4. The van der Waals surface area contributed by atoms with E-state index in [1.54, 1.807) is 11.6 Å². The Morgan fingerprint density at radius 2 is 2.05 bits per heavy atom. The maximum absolute atomic E-state index is 5.20. The van der Waals surface area contributed by atoms with E-state index in [0.717, 1.165) is 16.8 Å². The van der Waals surface area contributed by atoms with Crippen molar-refractivity contribution in [2.24, 2.45) is 0 Å². The lowest BCUT2D eigenvalue weighted by atomic mass is 10.1. The second-order valence-electron chi connectivity index (χ2n) is 5.10. The summed E-state index contributed by atoms with van der Waals surface area (Å²) in [6.07, 6.45) is 0. The maximum Gasteiger partial charge on any atom is 0.239 e. The van der Waals surface area contributed by atoms with Crippen LogP contribution in [0.1, 0.15) is 35.0 Å². The Bertz CT molecular complexity index is 796. The number of benzene rings is 1. The lowest BCUT2D eigenvalue weighted by Gasteiger charge is -2.10. The van der Waals surface area contributed by atoms with E-state index in [2.05, 4.69) is 43.9 Å². The molecule has 0 aliphatic heterocycles.